The summed E-state index contributed by atoms with van der Waals surface area (Å²) in [6.07, 6.45) is 19.0. The monoisotopic (exact) mass is 2190 g/mol. The predicted molar refractivity (Wildman–Crippen MR) is 565 cm³/mol. The van der Waals surface area contributed by atoms with Crippen LogP contribution in [0.25, 0.3) is 0 Å². The highest BCUT2D eigenvalue weighted by Crippen LogP contribution is 2.42. The molecule has 0 saturated carbocycles. The number of nitrogens with zero attached hydrogens (tertiary/aromatic N) is 22. The maximum absolute atomic E-state index is 12.4. The summed E-state index contributed by atoms with van der Waals surface area (Å²) in [4.78, 5) is 115. The number of carbonyl (C=O) groups is 2. The van der Waals surface area contributed by atoms with Crippen LogP contribution in [0, 0.1) is 48.5 Å². The number of anilines is 9. The van der Waals surface area contributed by atoms with E-state index in [1.807, 2.05) is 69.2 Å². The maximum atomic E-state index is 12.4. The second-order valence-electron chi connectivity index (χ2n) is 33.2. The Bertz CT molecular complexity index is 7420. The number of hydrogen-bond acceptors (Lipinski definition) is 45. The van der Waals surface area contributed by atoms with Gasteiger partial charge in [-0.2, -0.15) is 0 Å². The van der Waals surface area contributed by atoms with Gasteiger partial charge in [0.2, 0.25) is 11.8 Å². The van der Waals surface area contributed by atoms with E-state index in [4.69, 9.17) is 105 Å². The molecular weight excluding hydrogens is 2070 g/mol. The third kappa shape index (κ3) is 33.6. The summed E-state index contributed by atoms with van der Waals surface area (Å²) in [6.45, 7) is 31.8. The van der Waals surface area contributed by atoms with Crippen molar-refractivity contribution in [2.75, 3.05) is 100 Å². The number of aryl methyl sites for hydroxylation is 7. The molecule has 0 spiro atoms. The molecule has 19 N–H and O–H groups in total. The van der Waals surface area contributed by atoms with Gasteiger partial charge in [0.15, 0.2) is 108 Å². The molecule has 0 unspecified atom stereocenters. The minimum atomic E-state index is -3.68. The molecule has 0 saturated heterocycles. The number of hydrogen-bond donors (Lipinski definition) is 11. The van der Waals surface area contributed by atoms with Crippen molar-refractivity contribution in [1.29, 1.82) is 0 Å². The van der Waals surface area contributed by atoms with E-state index in [-0.39, 0.29) is 97.4 Å². The van der Waals surface area contributed by atoms with Crippen LogP contribution < -0.4 is 114 Å². The number of rotatable bonds is 28. The van der Waals surface area contributed by atoms with Gasteiger partial charge in [-0.3, -0.25) is 15.4 Å². The molecule has 14 rings (SSSR count). The number of urea groups is 1. The molecule has 14 aromatic heterocycles. The van der Waals surface area contributed by atoms with E-state index in [0.717, 1.165) is 26.6 Å². The van der Waals surface area contributed by atoms with Crippen molar-refractivity contribution in [2.45, 2.75) is 157 Å². The summed E-state index contributed by atoms with van der Waals surface area (Å²) >= 11 is 9.31. The van der Waals surface area contributed by atoms with E-state index in [9.17, 15) is 31.2 Å². The number of aromatic nitrogens is 21. The fraction of sp³-hybridized carbons (Fsp3) is 0.316. The molecule has 14 heterocycles. The minimum absolute atomic E-state index is 0.0133. The van der Waals surface area contributed by atoms with Crippen LogP contribution in [-0.4, -0.2) is 187 Å². The van der Waals surface area contributed by atoms with Gasteiger partial charge in [0.05, 0.1) is 94.4 Å². The van der Waals surface area contributed by atoms with Gasteiger partial charge < -0.3 is 103 Å². The molecule has 0 atom stereocenters. The second kappa shape index (κ2) is 54.0. The first-order chi connectivity index (χ1) is 70.7. The zero-order chi connectivity index (χ0) is 111. The number of sulfonamides is 2. The van der Waals surface area contributed by atoms with Gasteiger partial charge in [-0.1, -0.05) is 80.8 Å². The van der Waals surface area contributed by atoms with Crippen LogP contribution >= 0.6 is 27.5 Å². The van der Waals surface area contributed by atoms with Gasteiger partial charge in [0, 0.05) is 111 Å². The Hall–Kier alpha value is -16.9. The minimum Gasteiger partial charge on any atom is -0.491 e. The molecule has 798 valence electrons. The van der Waals surface area contributed by atoms with Crippen molar-refractivity contribution in [3.8, 4) is 98.0 Å². The summed E-state index contributed by atoms with van der Waals surface area (Å²) in [5.41, 5.74) is 49.5. The number of methoxy groups -OCH3 is 4. The lowest BCUT2D eigenvalue weighted by molar-refractivity contribution is 0.186. The van der Waals surface area contributed by atoms with Crippen LogP contribution in [0.3, 0.4) is 0 Å². The lowest BCUT2D eigenvalue weighted by atomic mass is 10.0. The number of nitrogen functional groups attached to an aromatic ring is 7. The number of halogens is 2. The van der Waals surface area contributed by atoms with Crippen LogP contribution in [0.15, 0.2) is 142 Å². The Kier molecular flexibility index (Phi) is 42.6. The molecule has 150 heavy (non-hydrogen) atoms. The number of amides is 3. The van der Waals surface area contributed by atoms with E-state index in [1.54, 1.807) is 98.2 Å². The quantitative estimate of drug-likeness (QED) is 0.0203. The van der Waals surface area contributed by atoms with Crippen LogP contribution in [-0.2, 0) is 31.8 Å². The average Bonchev–Trinajstić information content (AvgIpc) is 0.802. The number of pyridine rings is 7. The first-order valence-electron chi connectivity index (χ1n) is 45.0. The summed E-state index contributed by atoms with van der Waals surface area (Å²) in [6, 6.07) is 10.1. The Morgan fingerprint density at radius 1 is 0.367 bits per heavy atom. The number of carbonyl (C=O) groups excluding carboxylic acids is 2. The van der Waals surface area contributed by atoms with E-state index < -0.39 is 32.2 Å². The number of ether oxygens (including phenoxy) is 11. The first-order valence-corrected chi connectivity index (χ1v) is 49.1. The fourth-order valence-corrected chi connectivity index (χ4v) is 14.2. The van der Waals surface area contributed by atoms with E-state index in [1.165, 1.54) is 134 Å². The zero-order valence-corrected chi connectivity index (χ0v) is 90.8. The first kappa shape index (κ1) is 118. The maximum Gasteiger partial charge on any atom is 0.412 e. The summed E-state index contributed by atoms with van der Waals surface area (Å²) in [7, 11) is 4.38. The lowest BCUT2D eigenvalue weighted by Gasteiger charge is -2.17. The van der Waals surface area contributed by atoms with Crippen molar-refractivity contribution in [1.82, 2.24) is 113 Å². The second-order valence-corrected chi connectivity index (χ2v) is 38.4. The molecule has 51 nitrogen and oxygen atoms in total. The van der Waals surface area contributed by atoms with Gasteiger partial charge in [-0.15, -0.1) is 0 Å². The van der Waals surface area contributed by atoms with E-state index in [2.05, 4.69) is 136 Å². The van der Waals surface area contributed by atoms with Crippen LogP contribution in [0.2, 0.25) is 5.02 Å². The molecular formula is C95H119BrClN33O18S2. The Morgan fingerprint density at radius 3 is 0.967 bits per heavy atom. The zero-order valence-electron chi connectivity index (χ0n) is 86.8. The normalized spacial score (nSPS) is 10.9. The molecule has 0 aliphatic carbocycles. The smallest absolute Gasteiger partial charge is 0.412 e. The van der Waals surface area contributed by atoms with Gasteiger partial charge in [0.25, 0.3) is 25.6 Å². The van der Waals surface area contributed by atoms with Gasteiger partial charge in [-0.05, 0) is 101 Å². The van der Waals surface area contributed by atoms with Crippen molar-refractivity contribution in [3.05, 3.63) is 212 Å². The van der Waals surface area contributed by atoms with Gasteiger partial charge in [-0.25, -0.2) is 135 Å². The lowest BCUT2D eigenvalue weighted by Crippen LogP contribution is -2.23. The molecule has 14 aromatic rings. The van der Waals surface area contributed by atoms with Gasteiger partial charge >= 0.3 is 12.1 Å². The molecule has 0 aliphatic rings. The van der Waals surface area contributed by atoms with Crippen molar-refractivity contribution in [3.63, 3.8) is 0 Å². The summed E-state index contributed by atoms with van der Waals surface area (Å²) < 4.78 is 114. The van der Waals surface area contributed by atoms with Crippen molar-refractivity contribution in [2.24, 2.45) is 12.8 Å². The molecule has 0 aliphatic heterocycles. The highest BCUT2D eigenvalue weighted by Gasteiger charge is 2.27. The van der Waals surface area contributed by atoms with Crippen molar-refractivity contribution >= 4 is 112 Å². The van der Waals surface area contributed by atoms with E-state index >= 15 is 0 Å². The fourth-order valence-electron chi connectivity index (χ4n) is 12.2. The average molecular weight is 2190 g/mol. The SMILES string of the molecule is CNS(=O)(=O)c1cc(Oc2cnc(C)nc2N)c(C(C)C)cn1.COC(=O)Nc1cc(Oc2cnc(C)nc2N)c(C(C)C)cn1.COc1cc(Oc2cnc(C)nc2N)c(Cl)cn1.COc1cc(Oc2cnc(C)nc2N)c(OC)cn1.Cc1ncc(Oc2cc(Br)n(C)c(=O)c2C(C)C)c(N)n1.Cc1ncc(Oc2cc(NC(N)=O)ncc2C(C)C)c(N)n1.Cc1ncc(Oc2cc(S(=O)(=O)N(C)C)ncc2C(C)C)c(N)n1. The van der Waals surface area contributed by atoms with Gasteiger partial charge in [0.1, 0.15) is 86.2 Å². The van der Waals surface area contributed by atoms with Crippen molar-refractivity contribution < 1.29 is 78.5 Å². The van der Waals surface area contributed by atoms with E-state index in [0.29, 0.717) is 154 Å². The molecule has 0 radical (unpaired) electrons. The standard InChI is InChI=1S/C15H21N5O3S.C15H19N5O3.C14H17BrN4O2.C14H18N6O2.C14H19N5O3S.C12H14N4O3.C11H11ClN4O2/c1-9(2)11-7-18-14(24(21,22)20(4)5)6-12(11)23-13-8-17-10(3)19-15(13)16;1-8(2)10-6-18-13(20-15(21)22-4)5-11(10)23-12-7-17-9(3)19-14(12)16;1-7(2)12-9(5-11(15)19(4)14(12)20)21-10-6-17-8(3)18-13(10)16;1-7(2)9-5-18-12(20-14(16)21)4-10(9)22-11-6-17-8(3)19-13(11)15;1-8(2)10-6-18-13(23(20,21)16-4)5-11(10)22-12-7-17-9(3)19-14(12)15;1-7-14-6-10(12(13)16-7)19-8-4-11(18-3)15-5-9(8)17-2;1-6-14-5-9(11(13)16-6)18-8-3-10(17-2)15-4-7(8)12/h6-9H,1-5H3,(H2,16,17,19);5-8H,1-4H3,(H2,16,17,19)(H,18,20,21);5-7H,1-4H3,(H2,16,17,18);4-7H,1-3H3,(H2,15,17,19)(H3,16,18,20,21);5-8,16H,1-4H3,(H2,15,17,19);4-6H,1-3H3,(H2,13,14,16);3-5H,1-2H3,(H2,13,14,16). The molecule has 0 fully saturated rings. The predicted octanol–water partition coefficient (Wildman–Crippen LogP) is 15.1. The molecule has 0 bridgehead atoms. The highest BCUT2D eigenvalue weighted by molar-refractivity contribution is 9.10. The summed E-state index contributed by atoms with van der Waals surface area (Å²) in [5.74, 6) is 13.0. The molecule has 0 aromatic carbocycles. The Labute approximate surface area is 878 Å². The molecule has 55 heteroatoms. The topological polar surface area (TPSA) is 731 Å². The molecule has 3 amide bonds. The van der Waals surface area contributed by atoms with Crippen LogP contribution in [0.1, 0.15) is 167 Å². The number of primary amides is 1. The summed E-state index contributed by atoms with van der Waals surface area (Å²) in [5, 5.41) is 5.01. The largest absolute Gasteiger partial charge is 0.491 e. The van der Waals surface area contributed by atoms with Crippen LogP contribution in [0.4, 0.5) is 61.9 Å². The third-order valence-electron chi connectivity index (χ3n) is 20.0. The Balaban J connectivity index is 0.000000213. The number of nitrogens with one attached hydrogen (secondary N) is 3. The Morgan fingerprint density at radius 2 is 0.660 bits per heavy atom. The number of nitrogens with two attached hydrogens (primary N) is 8. The van der Waals surface area contributed by atoms with Crippen LogP contribution in [0.5, 0.6) is 98.0 Å². The third-order valence-corrected chi connectivity index (χ3v) is 24.1. The highest BCUT2D eigenvalue weighted by atomic mass is 79.9.